The van der Waals surface area contributed by atoms with Gasteiger partial charge in [-0.15, -0.1) is 0 Å². The maximum Gasteiger partial charge on any atom is 0.401 e. The van der Waals surface area contributed by atoms with Gasteiger partial charge in [0.15, 0.2) is 0 Å². The highest BCUT2D eigenvalue weighted by molar-refractivity contribution is 5.22. The lowest BCUT2D eigenvalue weighted by atomic mass is 10.1. The molecule has 1 N–H and O–H groups in total. The molecule has 0 amide bonds. The molecule has 0 bridgehead atoms. The van der Waals surface area contributed by atoms with E-state index in [0.717, 1.165) is 18.4 Å². The number of rotatable bonds is 5. The van der Waals surface area contributed by atoms with E-state index in [0.29, 0.717) is 0 Å². The summed E-state index contributed by atoms with van der Waals surface area (Å²) in [5.41, 5.74) is 2.10. The van der Waals surface area contributed by atoms with Gasteiger partial charge in [0.25, 0.3) is 0 Å². The maximum absolute atomic E-state index is 11.9. The minimum Gasteiger partial charge on any atom is -0.305 e. The highest BCUT2D eigenvalue weighted by Crippen LogP contribution is 2.13. The summed E-state index contributed by atoms with van der Waals surface area (Å²) in [6, 6.07) is 7.67. The smallest absolute Gasteiger partial charge is 0.305 e. The van der Waals surface area contributed by atoms with E-state index in [1.54, 1.807) is 0 Å². The second-order valence-electron chi connectivity index (χ2n) is 3.79. The van der Waals surface area contributed by atoms with Crippen LogP contribution in [0.15, 0.2) is 24.3 Å². The van der Waals surface area contributed by atoms with E-state index in [-0.39, 0.29) is 6.54 Å². The minimum atomic E-state index is -4.14. The van der Waals surface area contributed by atoms with Gasteiger partial charge in [-0.3, -0.25) is 0 Å². The molecule has 1 rings (SSSR count). The largest absolute Gasteiger partial charge is 0.401 e. The van der Waals surface area contributed by atoms with Crippen molar-refractivity contribution in [3.05, 3.63) is 35.4 Å². The first-order valence-corrected chi connectivity index (χ1v) is 5.36. The molecular formula is C12H16F3N. The lowest BCUT2D eigenvalue weighted by Crippen LogP contribution is -2.28. The van der Waals surface area contributed by atoms with Gasteiger partial charge in [0.05, 0.1) is 6.54 Å². The van der Waals surface area contributed by atoms with E-state index in [9.17, 15) is 13.2 Å². The molecule has 90 valence electrons. The zero-order valence-corrected chi connectivity index (χ0v) is 9.27. The lowest BCUT2D eigenvalue weighted by Gasteiger charge is -2.08. The summed E-state index contributed by atoms with van der Waals surface area (Å²) >= 11 is 0. The van der Waals surface area contributed by atoms with E-state index >= 15 is 0 Å². The monoisotopic (exact) mass is 231 g/mol. The molecule has 0 aliphatic heterocycles. The Bertz CT molecular complexity index is 303. The number of nitrogens with one attached hydrogen (secondary N) is 1. The van der Waals surface area contributed by atoms with Crippen molar-refractivity contribution in [3.63, 3.8) is 0 Å². The van der Waals surface area contributed by atoms with Gasteiger partial charge in [-0.1, -0.05) is 37.6 Å². The molecule has 4 heteroatoms. The molecule has 0 aromatic heterocycles. The summed E-state index contributed by atoms with van der Waals surface area (Å²) in [7, 11) is 0. The normalized spacial score (nSPS) is 11.8. The summed E-state index contributed by atoms with van der Waals surface area (Å²) in [6.45, 7) is 1.41. The van der Waals surface area contributed by atoms with Gasteiger partial charge in [0.2, 0.25) is 0 Å². The van der Waals surface area contributed by atoms with Crippen LogP contribution in [0, 0.1) is 0 Å². The van der Waals surface area contributed by atoms with E-state index in [4.69, 9.17) is 0 Å². The lowest BCUT2D eigenvalue weighted by molar-refractivity contribution is -0.125. The molecule has 0 atom stereocenters. The van der Waals surface area contributed by atoms with Crippen LogP contribution in [0.1, 0.15) is 24.5 Å². The highest BCUT2D eigenvalue weighted by atomic mass is 19.4. The molecule has 1 aromatic carbocycles. The number of hydrogen-bond donors (Lipinski definition) is 1. The fourth-order valence-corrected chi connectivity index (χ4v) is 1.46. The van der Waals surface area contributed by atoms with E-state index < -0.39 is 12.7 Å². The topological polar surface area (TPSA) is 12.0 Å². The summed E-state index contributed by atoms with van der Waals surface area (Å²) in [5.74, 6) is 0. The SMILES string of the molecule is CCCc1ccc(CNCC(F)(F)F)cc1. The third-order valence-electron chi connectivity index (χ3n) is 2.22. The molecule has 0 radical (unpaired) electrons. The average molecular weight is 231 g/mol. The van der Waals surface area contributed by atoms with Crippen LogP contribution in [-0.4, -0.2) is 12.7 Å². The fraction of sp³-hybridized carbons (Fsp3) is 0.500. The Kier molecular flexibility index (Phi) is 4.80. The van der Waals surface area contributed by atoms with Gasteiger partial charge in [-0.25, -0.2) is 0 Å². The fourth-order valence-electron chi connectivity index (χ4n) is 1.46. The molecule has 0 saturated heterocycles. The van der Waals surface area contributed by atoms with Crippen molar-refractivity contribution in [3.8, 4) is 0 Å². The molecule has 0 aliphatic carbocycles. The molecule has 0 saturated carbocycles. The summed E-state index contributed by atoms with van der Waals surface area (Å²) < 4.78 is 35.6. The zero-order chi connectivity index (χ0) is 12.0. The molecule has 0 spiro atoms. The quantitative estimate of drug-likeness (QED) is 0.820. The number of aryl methyl sites for hydroxylation is 1. The van der Waals surface area contributed by atoms with Gasteiger partial charge in [0, 0.05) is 6.54 Å². The van der Waals surface area contributed by atoms with E-state index in [1.165, 1.54) is 5.56 Å². The first-order valence-electron chi connectivity index (χ1n) is 5.36. The van der Waals surface area contributed by atoms with Crippen LogP contribution in [-0.2, 0) is 13.0 Å². The van der Waals surface area contributed by atoms with Crippen molar-refractivity contribution >= 4 is 0 Å². The van der Waals surface area contributed by atoms with E-state index in [1.807, 2.05) is 24.3 Å². The first-order chi connectivity index (χ1) is 7.51. The summed E-state index contributed by atoms with van der Waals surface area (Å²) in [6.07, 6.45) is -2.05. The first kappa shape index (κ1) is 13.0. The highest BCUT2D eigenvalue weighted by Gasteiger charge is 2.25. The van der Waals surface area contributed by atoms with E-state index in [2.05, 4.69) is 12.2 Å². The third kappa shape index (κ3) is 5.16. The molecular weight excluding hydrogens is 215 g/mol. The maximum atomic E-state index is 11.9. The van der Waals surface area contributed by atoms with Crippen LogP contribution in [0.2, 0.25) is 0 Å². The average Bonchev–Trinajstić information content (AvgIpc) is 2.19. The van der Waals surface area contributed by atoms with Crippen LogP contribution in [0.25, 0.3) is 0 Å². The van der Waals surface area contributed by atoms with Gasteiger partial charge < -0.3 is 5.32 Å². The van der Waals surface area contributed by atoms with Crippen LogP contribution in [0.3, 0.4) is 0 Å². The Morgan fingerprint density at radius 1 is 1.06 bits per heavy atom. The predicted octanol–water partition coefficient (Wildman–Crippen LogP) is 3.29. The zero-order valence-electron chi connectivity index (χ0n) is 9.27. The van der Waals surface area contributed by atoms with Gasteiger partial charge >= 0.3 is 6.18 Å². The van der Waals surface area contributed by atoms with Crippen LogP contribution in [0.5, 0.6) is 0 Å². The van der Waals surface area contributed by atoms with Gasteiger partial charge in [0.1, 0.15) is 0 Å². The number of benzene rings is 1. The molecule has 16 heavy (non-hydrogen) atoms. The Labute approximate surface area is 93.7 Å². The van der Waals surface area contributed by atoms with Crippen molar-refractivity contribution in [1.29, 1.82) is 0 Å². The van der Waals surface area contributed by atoms with Crippen molar-refractivity contribution in [1.82, 2.24) is 5.32 Å². The van der Waals surface area contributed by atoms with Crippen molar-refractivity contribution < 1.29 is 13.2 Å². The Balaban J connectivity index is 2.37. The van der Waals surface area contributed by atoms with Gasteiger partial charge in [-0.2, -0.15) is 13.2 Å². The van der Waals surface area contributed by atoms with Crippen molar-refractivity contribution in [2.45, 2.75) is 32.5 Å². The number of halogens is 3. The summed E-state index contributed by atoms with van der Waals surface area (Å²) in [4.78, 5) is 0. The molecule has 0 fully saturated rings. The molecule has 1 aromatic rings. The standard InChI is InChI=1S/C12H16F3N/c1-2-3-10-4-6-11(7-5-10)8-16-9-12(13,14)15/h4-7,16H,2-3,8-9H2,1H3. The van der Waals surface area contributed by atoms with Gasteiger partial charge in [-0.05, 0) is 17.5 Å². The molecule has 0 aliphatic rings. The van der Waals surface area contributed by atoms with Crippen molar-refractivity contribution in [2.75, 3.05) is 6.54 Å². The number of hydrogen-bond acceptors (Lipinski definition) is 1. The second kappa shape index (κ2) is 5.89. The molecule has 1 nitrogen and oxygen atoms in total. The Morgan fingerprint density at radius 3 is 2.12 bits per heavy atom. The Hall–Kier alpha value is -1.03. The molecule has 0 unspecified atom stereocenters. The minimum absolute atomic E-state index is 0.256. The van der Waals surface area contributed by atoms with Crippen molar-refractivity contribution in [2.24, 2.45) is 0 Å². The van der Waals surface area contributed by atoms with Crippen LogP contribution < -0.4 is 5.32 Å². The number of alkyl halides is 3. The third-order valence-corrected chi connectivity index (χ3v) is 2.22. The second-order valence-corrected chi connectivity index (χ2v) is 3.79. The van der Waals surface area contributed by atoms with Crippen LogP contribution >= 0.6 is 0 Å². The molecule has 0 heterocycles. The van der Waals surface area contributed by atoms with Crippen LogP contribution in [0.4, 0.5) is 13.2 Å². The predicted molar refractivity (Wildman–Crippen MR) is 58.2 cm³/mol. The summed E-state index contributed by atoms with van der Waals surface area (Å²) in [5, 5.41) is 2.37. The Morgan fingerprint density at radius 2 is 1.62 bits per heavy atom.